The summed E-state index contributed by atoms with van der Waals surface area (Å²) in [5.74, 6) is 1.52. The Kier molecular flexibility index (Phi) is 6.51. The van der Waals surface area contributed by atoms with Gasteiger partial charge in [-0.3, -0.25) is 4.90 Å². The summed E-state index contributed by atoms with van der Waals surface area (Å²) in [4.78, 5) is 13.2. The molecule has 2 unspecified atom stereocenters. The van der Waals surface area contributed by atoms with E-state index in [1.54, 1.807) is 13.3 Å². The Labute approximate surface area is 183 Å². The maximum atomic E-state index is 8.85. The van der Waals surface area contributed by atoms with Gasteiger partial charge < -0.3 is 15.0 Å². The predicted octanol–water partition coefficient (Wildman–Crippen LogP) is 1.86. The molecule has 0 aliphatic carbocycles. The van der Waals surface area contributed by atoms with E-state index in [0.717, 1.165) is 43.9 Å². The van der Waals surface area contributed by atoms with Crippen LogP contribution in [0.15, 0.2) is 30.6 Å². The Morgan fingerprint density at radius 1 is 1.16 bits per heavy atom. The summed E-state index contributed by atoms with van der Waals surface area (Å²) < 4.78 is 5.75. The quantitative estimate of drug-likeness (QED) is 0.644. The minimum absolute atomic E-state index is 0.0132. The highest BCUT2D eigenvalue weighted by atomic mass is 16.5. The van der Waals surface area contributed by atoms with Crippen LogP contribution in [0.25, 0.3) is 0 Å². The Hall–Kier alpha value is -2.93. The number of hydrogen-bond donors (Lipinski definition) is 3. The summed E-state index contributed by atoms with van der Waals surface area (Å²) in [7, 11) is 1.73. The van der Waals surface area contributed by atoms with Gasteiger partial charge in [-0.1, -0.05) is 6.07 Å². The third-order valence-electron chi connectivity index (χ3n) is 5.99. The number of hydrazine groups is 1. The van der Waals surface area contributed by atoms with Gasteiger partial charge in [-0.05, 0) is 19.9 Å². The monoisotopic (exact) mass is 422 g/mol. The Morgan fingerprint density at radius 3 is 2.61 bits per heavy atom. The third kappa shape index (κ3) is 4.88. The van der Waals surface area contributed by atoms with Gasteiger partial charge in [0.2, 0.25) is 0 Å². The first kappa shape index (κ1) is 21.3. The molecule has 9 heteroatoms. The summed E-state index contributed by atoms with van der Waals surface area (Å²) in [6.45, 7) is 8.74. The highest BCUT2D eigenvalue weighted by Crippen LogP contribution is 2.34. The third-order valence-corrected chi connectivity index (χ3v) is 5.99. The Morgan fingerprint density at radius 2 is 1.97 bits per heavy atom. The molecule has 2 aliphatic heterocycles. The van der Waals surface area contributed by atoms with Crippen LogP contribution in [-0.2, 0) is 0 Å². The molecule has 2 saturated heterocycles. The number of nitrogens with one attached hydrogen (secondary N) is 3. The molecule has 2 aliphatic rings. The van der Waals surface area contributed by atoms with Crippen LogP contribution in [0.3, 0.4) is 0 Å². The van der Waals surface area contributed by atoms with E-state index in [9.17, 15) is 0 Å². The average Bonchev–Trinajstić information content (AvgIpc) is 3.27. The molecule has 0 radical (unpaired) electrons. The zero-order valence-corrected chi connectivity index (χ0v) is 18.3. The second kappa shape index (κ2) is 9.47. The van der Waals surface area contributed by atoms with Crippen molar-refractivity contribution in [3.05, 3.63) is 41.9 Å². The van der Waals surface area contributed by atoms with Gasteiger partial charge in [-0.2, -0.15) is 5.26 Å². The van der Waals surface area contributed by atoms with Crippen LogP contribution in [0.4, 0.5) is 11.5 Å². The number of methoxy groups -OCH3 is 1. The molecule has 2 fully saturated rings. The molecule has 2 aromatic rings. The molecule has 9 nitrogen and oxygen atoms in total. The number of hydrogen-bond acceptors (Lipinski definition) is 9. The van der Waals surface area contributed by atoms with E-state index >= 15 is 0 Å². The zero-order valence-electron chi connectivity index (χ0n) is 18.3. The van der Waals surface area contributed by atoms with Crippen molar-refractivity contribution in [2.75, 3.05) is 43.5 Å². The van der Waals surface area contributed by atoms with Crippen molar-refractivity contribution < 1.29 is 4.74 Å². The number of piperazine rings is 1. The molecule has 1 aromatic carbocycles. The topological polar surface area (TPSA) is 101 Å². The van der Waals surface area contributed by atoms with Gasteiger partial charge in [0.25, 0.3) is 0 Å². The molecular weight excluding hydrogens is 392 g/mol. The van der Waals surface area contributed by atoms with E-state index in [4.69, 9.17) is 10.00 Å². The average molecular weight is 423 g/mol. The molecular formula is C22H30N8O. The van der Waals surface area contributed by atoms with Gasteiger partial charge in [0.05, 0.1) is 31.7 Å². The number of anilines is 2. The number of nitrogens with zero attached hydrogens (tertiary/aromatic N) is 5. The molecule has 4 rings (SSSR count). The minimum atomic E-state index is -0.0132. The molecule has 0 amide bonds. The van der Waals surface area contributed by atoms with Crippen LogP contribution in [0, 0.1) is 11.3 Å². The fourth-order valence-electron chi connectivity index (χ4n) is 4.17. The molecule has 2 atom stereocenters. The largest absolute Gasteiger partial charge is 0.496 e. The van der Waals surface area contributed by atoms with Gasteiger partial charge in [0.15, 0.2) is 5.69 Å². The number of nitriles is 1. The predicted molar refractivity (Wildman–Crippen MR) is 120 cm³/mol. The lowest BCUT2D eigenvalue weighted by Gasteiger charge is -2.38. The van der Waals surface area contributed by atoms with Crippen LogP contribution in [0.1, 0.15) is 37.6 Å². The van der Waals surface area contributed by atoms with Crippen LogP contribution < -0.4 is 25.8 Å². The smallest absolute Gasteiger partial charge is 0.158 e. The highest BCUT2D eigenvalue weighted by Gasteiger charge is 2.28. The lowest BCUT2D eigenvalue weighted by Crippen LogP contribution is -2.48. The van der Waals surface area contributed by atoms with Crippen molar-refractivity contribution in [1.82, 2.24) is 25.7 Å². The number of rotatable bonds is 6. The van der Waals surface area contributed by atoms with E-state index < -0.39 is 0 Å². The number of aromatic nitrogens is 2. The van der Waals surface area contributed by atoms with E-state index in [1.807, 2.05) is 6.07 Å². The van der Waals surface area contributed by atoms with Crippen molar-refractivity contribution in [2.24, 2.45) is 0 Å². The van der Waals surface area contributed by atoms with Crippen LogP contribution >= 0.6 is 0 Å². The maximum absolute atomic E-state index is 8.85. The molecule has 3 heterocycles. The van der Waals surface area contributed by atoms with Gasteiger partial charge in [-0.25, -0.2) is 20.8 Å². The highest BCUT2D eigenvalue weighted by molar-refractivity contribution is 5.55. The van der Waals surface area contributed by atoms with Crippen molar-refractivity contribution in [1.29, 1.82) is 5.26 Å². The SMILES string of the molecule is COc1cc(N2CCN(C(C)C)CC2)ccc1C1CC(Nc2cnc(C#N)cn2)NN1. The molecule has 1 aromatic heterocycles. The molecule has 3 N–H and O–H groups in total. The minimum Gasteiger partial charge on any atom is -0.496 e. The van der Waals surface area contributed by atoms with E-state index in [2.05, 4.69) is 68.0 Å². The molecule has 164 valence electrons. The van der Waals surface area contributed by atoms with E-state index in [0.29, 0.717) is 17.6 Å². The first-order valence-corrected chi connectivity index (χ1v) is 10.7. The molecule has 0 saturated carbocycles. The standard InChI is InChI=1S/C22H30N8O/c1-15(2)29-6-8-30(9-7-29)17-4-5-18(20(10-17)31-3)19-11-21(28-27-19)26-22-14-24-16(12-23)13-25-22/h4-5,10,13-15,19,21,27-28H,6-9,11H2,1-3H3,(H,25,26). The zero-order chi connectivity index (χ0) is 21.8. The van der Waals surface area contributed by atoms with E-state index in [-0.39, 0.29) is 12.2 Å². The van der Waals surface area contributed by atoms with Gasteiger partial charge >= 0.3 is 0 Å². The van der Waals surface area contributed by atoms with Crippen molar-refractivity contribution >= 4 is 11.5 Å². The lowest BCUT2D eigenvalue weighted by atomic mass is 10.0. The van der Waals surface area contributed by atoms with Crippen molar-refractivity contribution in [3.8, 4) is 11.8 Å². The van der Waals surface area contributed by atoms with Crippen molar-refractivity contribution in [2.45, 2.75) is 38.5 Å². The van der Waals surface area contributed by atoms with Gasteiger partial charge in [0, 0.05) is 56.0 Å². The van der Waals surface area contributed by atoms with Crippen LogP contribution in [-0.4, -0.2) is 60.4 Å². The normalized spacial score (nSPS) is 21.8. The van der Waals surface area contributed by atoms with Crippen molar-refractivity contribution in [3.63, 3.8) is 0 Å². The fraction of sp³-hybridized carbons (Fsp3) is 0.500. The van der Waals surface area contributed by atoms with Crippen LogP contribution in [0.2, 0.25) is 0 Å². The second-order valence-corrected chi connectivity index (χ2v) is 8.22. The maximum Gasteiger partial charge on any atom is 0.158 e. The fourth-order valence-corrected chi connectivity index (χ4v) is 4.17. The summed E-state index contributed by atoms with van der Waals surface area (Å²) >= 11 is 0. The molecule has 0 spiro atoms. The number of benzene rings is 1. The summed E-state index contributed by atoms with van der Waals surface area (Å²) in [5.41, 5.74) is 9.23. The van der Waals surface area contributed by atoms with Crippen LogP contribution in [0.5, 0.6) is 5.75 Å². The lowest BCUT2D eigenvalue weighted by molar-refractivity contribution is 0.209. The van der Waals surface area contributed by atoms with Gasteiger partial charge in [0.1, 0.15) is 17.6 Å². The first-order valence-electron chi connectivity index (χ1n) is 10.7. The summed E-state index contributed by atoms with van der Waals surface area (Å²) in [5, 5.41) is 12.1. The summed E-state index contributed by atoms with van der Waals surface area (Å²) in [6, 6.07) is 9.17. The second-order valence-electron chi connectivity index (χ2n) is 8.22. The number of ether oxygens (including phenoxy) is 1. The molecule has 31 heavy (non-hydrogen) atoms. The first-order chi connectivity index (χ1) is 15.1. The Balaban J connectivity index is 1.40. The molecule has 0 bridgehead atoms. The van der Waals surface area contributed by atoms with E-state index in [1.165, 1.54) is 11.9 Å². The van der Waals surface area contributed by atoms with Gasteiger partial charge in [-0.15, -0.1) is 0 Å². The summed E-state index contributed by atoms with van der Waals surface area (Å²) in [6.07, 6.45) is 3.83. The Bertz CT molecular complexity index is 918.